The third-order valence-corrected chi connectivity index (χ3v) is 1.79. The molecule has 1 aliphatic rings. The lowest BCUT2D eigenvalue weighted by molar-refractivity contribution is -0.137. The normalized spacial score (nSPS) is 14.5. The van der Waals surface area contributed by atoms with Crippen molar-refractivity contribution < 1.29 is 13.2 Å². The van der Waals surface area contributed by atoms with Gasteiger partial charge in [0.25, 0.3) is 0 Å². The summed E-state index contributed by atoms with van der Waals surface area (Å²) in [6.45, 7) is 0. The lowest BCUT2D eigenvalue weighted by atomic mass is 10.2. The molecule has 0 saturated heterocycles. The number of alkyl halides is 3. The van der Waals surface area contributed by atoms with Gasteiger partial charge in [0, 0.05) is 0 Å². The molecule has 0 nitrogen and oxygen atoms in total. The first-order valence-corrected chi connectivity index (χ1v) is 3.26. The maximum atomic E-state index is 12.0. The van der Waals surface area contributed by atoms with Crippen molar-refractivity contribution in [2.24, 2.45) is 0 Å². The van der Waals surface area contributed by atoms with Gasteiger partial charge < -0.3 is 0 Å². The van der Waals surface area contributed by atoms with E-state index in [9.17, 15) is 13.2 Å². The van der Waals surface area contributed by atoms with Crippen molar-refractivity contribution in [2.45, 2.75) is 12.6 Å². The van der Waals surface area contributed by atoms with E-state index in [2.05, 4.69) is 0 Å². The summed E-state index contributed by atoms with van der Waals surface area (Å²) < 4.78 is 36.0. The minimum Gasteiger partial charge on any atom is -0.166 e. The van der Waals surface area contributed by atoms with Crippen LogP contribution in [0.2, 0.25) is 0 Å². The van der Waals surface area contributed by atoms with E-state index in [1.54, 1.807) is 0 Å². The van der Waals surface area contributed by atoms with Gasteiger partial charge in [0.1, 0.15) is 0 Å². The largest absolute Gasteiger partial charge is 0.416 e. The summed E-state index contributed by atoms with van der Waals surface area (Å²) in [5, 5.41) is 0. The molecule has 0 spiro atoms. The smallest absolute Gasteiger partial charge is 0.166 e. The molecule has 1 aromatic rings. The summed E-state index contributed by atoms with van der Waals surface area (Å²) in [5.74, 6) is 0. The minimum atomic E-state index is -4.18. The number of hydrogen-bond donors (Lipinski definition) is 0. The van der Waals surface area contributed by atoms with Crippen molar-refractivity contribution in [1.82, 2.24) is 0 Å². The van der Waals surface area contributed by atoms with Crippen molar-refractivity contribution in [2.75, 3.05) is 0 Å². The first kappa shape index (κ1) is 6.70. The lowest BCUT2D eigenvalue weighted by Crippen LogP contribution is -2.03. The third-order valence-electron chi connectivity index (χ3n) is 1.79. The fourth-order valence-corrected chi connectivity index (χ4v) is 1.07. The van der Waals surface area contributed by atoms with Crippen molar-refractivity contribution in [3.8, 4) is 0 Å². The number of hydrogen-bond acceptors (Lipinski definition) is 0. The molecule has 0 atom stereocenters. The number of benzene rings is 1. The standard InChI is InChI=1S/C8H5F3/c9-8(10,11)7-2-1-5-3-6(5)4-7/h1-2,4H,3H2. The number of rotatable bonds is 0. The third kappa shape index (κ3) is 1.11. The van der Waals surface area contributed by atoms with E-state index in [1.807, 2.05) is 0 Å². The van der Waals surface area contributed by atoms with E-state index >= 15 is 0 Å². The van der Waals surface area contributed by atoms with Gasteiger partial charge in [-0.05, 0) is 29.7 Å². The molecule has 0 aromatic heterocycles. The van der Waals surface area contributed by atoms with Crippen molar-refractivity contribution in [3.63, 3.8) is 0 Å². The van der Waals surface area contributed by atoms with E-state index in [0.717, 1.165) is 23.6 Å². The van der Waals surface area contributed by atoms with Crippen LogP contribution in [-0.2, 0) is 12.6 Å². The van der Waals surface area contributed by atoms with Crippen molar-refractivity contribution in [3.05, 3.63) is 34.9 Å². The maximum absolute atomic E-state index is 12.0. The van der Waals surface area contributed by atoms with Crippen LogP contribution >= 0.6 is 0 Å². The molecule has 3 heteroatoms. The van der Waals surface area contributed by atoms with Crippen LogP contribution in [0.15, 0.2) is 18.2 Å². The van der Waals surface area contributed by atoms with Crippen LogP contribution in [0.5, 0.6) is 0 Å². The molecule has 0 N–H and O–H groups in total. The summed E-state index contributed by atoms with van der Waals surface area (Å²) >= 11 is 0. The van der Waals surface area contributed by atoms with Gasteiger partial charge in [0.2, 0.25) is 0 Å². The van der Waals surface area contributed by atoms with Gasteiger partial charge in [0.05, 0.1) is 5.56 Å². The molecule has 0 fully saturated rings. The van der Waals surface area contributed by atoms with Crippen LogP contribution in [0.3, 0.4) is 0 Å². The van der Waals surface area contributed by atoms with Crippen LogP contribution in [0, 0.1) is 0 Å². The topological polar surface area (TPSA) is 0 Å². The minimum absolute atomic E-state index is 0.534. The fraction of sp³-hybridized carbons (Fsp3) is 0.250. The highest BCUT2D eigenvalue weighted by Gasteiger charge is 2.32. The van der Waals surface area contributed by atoms with Crippen LogP contribution < -0.4 is 0 Å². The predicted octanol–water partition coefficient (Wildman–Crippen LogP) is 2.61. The van der Waals surface area contributed by atoms with Crippen molar-refractivity contribution in [1.29, 1.82) is 0 Å². The highest BCUT2D eigenvalue weighted by atomic mass is 19.4. The maximum Gasteiger partial charge on any atom is 0.416 e. The van der Waals surface area contributed by atoms with Gasteiger partial charge >= 0.3 is 6.18 Å². The van der Waals surface area contributed by atoms with Gasteiger partial charge in [-0.2, -0.15) is 13.2 Å². The lowest BCUT2D eigenvalue weighted by Gasteiger charge is -2.03. The van der Waals surface area contributed by atoms with Crippen LogP contribution in [0.25, 0.3) is 0 Å². The Morgan fingerprint density at radius 1 is 1.09 bits per heavy atom. The predicted molar refractivity (Wildman–Crippen MR) is 34.3 cm³/mol. The molecule has 11 heavy (non-hydrogen) atoms. The Morgan fingerprint density at radius 3 is 2.36 bits per heavy atom. The Bertz CT molecular complexity index is 299. The first-order valence-electron chi connectivity index (χ1n) is 3.26. The summed E-state index contributed by atoms with van der Waals surface area (Å²) in [7, 11) is 0. The molecule has 0 saturated carbocycles. The Kier molecular flexibility index (Phi) is 1.09. The average Bonchev–Trinajstić information content (AvgIpc) is 2.60. The number of halogens is 3. The highest BCUT2D eigenvalue weighted by molar-refractivity contribution is 5.47. The second-order valence-electron chi connectivity index (χ2n) is 2.66. The SMILES string of the molecule is FC(F)(F)c1ccc2c(c1)C2. The monoisotopic (exact) mass is 158 g/mol. The molecule has 1 aliphatic carbocycles. The quantitative estimate of drug-likeness (QED) is 0.552. The Labute approximate surface area is 61.7 Å². The molecule has 0 bridgehead atoms. The summed E-state index contributed by atoms with van der Waals surface area (Å²) in [6, 6.07) is 3.89. The second-order valence-corrected chi connectivity index (χ2v) is 2.66. The molecule has 0 amide bonds. The van der Waals surface area contributed by atoms with Gasteiger partial charge in [-0.3, -0.25) is 0 Å². The van der Waals surface area contributed by atoms with Gasteiger partial charge in [-0.15, -0.1) is 0 Å². The summed E-state index contributed by atoms with van der Waals surface area (Å²) in [4.78, 5) is 0. The molecule has 1 aromatic carbocycles. The molecule has 0 unspecified atom stereocenters. The molecule has 0 radical (unpaired) electrons. The van der Waals surface area contributed by atoms with Gasteiger partial charge in [-0.1, -0.05) is 6.07 Å². The molecular weight excluding hydrogens is 153 g/mol. The zero-order chi connectivity index (χ0) is 8.06. The molecule has 2 rings (SSSR count). The Hall–Kier alpha value is -0.990. The summed E-state index contributed by atoms with van der Waals surface area (Å²) in [5.41, 5.74) is 1.34. The van der Waals surface area contributed by atoms with E-state index < -0.39 is 11.7 Å². The van der Waals surface area contributed by atoms with Crippen molar-refractivity contribution >= 4 is 0 Å². The van der Waals surface area contributed by atoms with E-state index in [-0.39, 0.29) is 0 Å². The number of fused-ring (bicyclic) bond motifs is 1. The fourth-order valence-electron chi connectivity index (χ4n) is 1.07. The Morgan fingerprint density at radius 2 is 1.82 bits per heavy atom. The Balaban J connectivity index is 2.42. The molecule has 0 aliphatic heterocycles. The van der Waals surface area contributed by atoms with Gasteiger partial charge in [-0.25, -0.2) is 0 Å². The second kappa shape index (κ2) is 1.78. The summed E-state index contributed by atoms with van der Waals surface area (Å²) in [6.07, 6.45) is -3.45. The van der Waals surface area contributed by atoms with E-state index in [0.29, 0.717) is 0 Å². The molecule has 58 valence electrons. The van der Waals surface area contributed by atoms with E-state index in [1.165, 1.54) is 12.1 Å². The van der Waals surface area contributed by atoms with Crippen LogP contribution in [0.4, 0.5) is 13.2 Å². The van der Waals surface area contributed by atoms with Crippen LogP contribution in [-0.4, -0.2) is 0 Å². The molecule has 0 heterocycles. The van der Waals surface area contributed by atoms with Crippen LogP contribution in [0.1, 0.15) is 16.7 Å². The molecular formula is C8H5F3. The first-order chi connectivity index (χ1) is 5.07. The zero-order valence-corrected chi connectivity index (χ0v) is 5.57. The van der Waals surface area contributed by atoms with Gasteiger partial charge in [0.15, 0.2) is 0 Å². The van der Waals surface area contributed by atoms with E-state index in [4.69, 9.17) is 0 Å². The average molecular weight is 158 g/mol. The highest BCUT2D eigenvalue weighted by Crippen LogP contribution is 2.35. The zero-order valence-electron chi connectivity index (χ0n) is 5.57.